The van der Waals surface area contributed by atoms with Crippen molar-refractivity contribution in [2.75, 3.05) is 6.54 Å². The van der Waals surface area contributed by atoms with Crippen LogP contribution < -0.4 is 5.32 Å². The predicted octanol–water partition coefficient (Wildman–Crippen LogP) is 2.88. The Hall–Kier alpha value is -3.15. The molecule has 4 aromatic rings. The van der Waals surface area contributed by atoms with E-state index < -0.39 is 0 Å². The molecule has 0 saturated carbocycles. The van der Waals surface area contributed by atoms with Gasteiger partial charge in [0.2, 0.25) is 0 Å². The van der Waals surface area contributed by atoms with Gasteiger partial charge in [0.15, 0.2) is 5.65 Å². The van der Waals surface area contributed by atoms with Gasteiger partial charge in [0.05, 0.1) is 11.3 Å². The maximum Gasteiger partial charge on any atom is 0.253 e. The van der Waals surface area contributed by atoms with Gasteiger partial charge in [-0.15, -0.1) is 0 Å². The first-order valence-corrected chi connectivity index (χ1v) is 8.36. The minimum atomic E-state index is -0.0475. The molecule has 0 spiro atoms. The lowest BCUT2D eigenvalue weighted by atomic mass is 10.1. The maximum atomic E-state index is 12.4. The first-order valence-electron chi connectivity index (χ1n) is 8.36. The zero-order valence-corrected chi connectivity index (χ0v) is 14.0. The van der Waals surface area contributed by atoms with Crippen LogP contribution in [0, 0.1) is 6.92 Å². The molecule has 6 nitrogen and oxygen atoms in total. The lowest BCUT2D eigenvalue weighted by Gasteiger charge is -2.05. The van der Waals surface area contributed by atoms with Gasteiger partial charge < -0.3 is 10.3 Å². The number of para-hydroxylation sites is 1. The van der Waals surface area contributed by atoms with E-state index in [-0.39, 0.29) is 5.91 Å². The molecular formula is C19H19N5O. The average Bonchev–Trinajstić information content (AvgIpc) is 3.20. The van der Waals surface area contributed by atoms with Gasteiger partial charge in [0.1, 0.15) is 0 Å². The van der Waals surface area contributed by atoms with E-state index in [9.17, 15) is 4.79 Å². The second-order valence-corrected chi connectivity index (χ2v) is 6.16. The summed E-state index contributed by atoms with van der Waals surface area (Å²) < 4.78 is 1.80. The topological polar surface area (TPSA) is 75.1 Å². The van der Waals surface area contributed by atoms with Crippen LogP contribution in [0.4, 0.5) is 0 Å². The molecule has 0 aliphatic rings. The molecular weight excluding hydrogens is 314 g/mol. The second-order valence-electron chi connectivity index (χ2n) is 6.16. The quantitative estimate of drug-likeness (QED) is 0.552. The van der Waals surface area contributed by atoms with Gasteiger partial charge in [0, 0.05) is 42.1 Å². The van der Waals surface area contributed by atoms with Gasteiger partial charge in [-0.1, -0.05) is 18.2 Å². The highest BCUT2D eigenvalue weighted by molar-refractivity contribution is 6.06. The van der Waals surface area contributed by atoms with E-state index in [1.807, 2.05) is 49.6 Å². The molecule has 0 saturated heterocycles. The number of hydrogen-bond donors (Lipinski definition) is 2. The monoisotopic (exact) mass is 333 g/mol. The van der Waals surface area contributed by atoms with E-state index in [4.69, 9.17) is 0 Å². The van der Waals surface area contributed by atoms with E-state index in [1.165, 1.54) is 0 Å². The number of carbonyl (C=O) groups excluding carboxylic acids is 1. The summed E-state index contributed by atoms with van der Waals surface area (Å²) in [5, 5.41) is 8.31. The number of H-pyrrole nitrogens is 1. The number of hydrogen-bond acceptors (Lipinski definition) is 3. The Labute approximate surface area is 144 Å². The predicted molar refractivity (Wildman–Crippen MR) is 96.7 cm³/mol. The van der Waals surface area contributed by atoms with E-state index >= 15 is 0 Å². The number of aromatic amines is 1. The standard InChI is InChI=1S/C19H19N5O/c1-13-9-18-22-10-14(12-24(18)23-13)5-4-8-20-19(25)16-11-21-17-7-3-2-6-15(16)17/h2-3,6-7,9-12,21H,4-5,8H2,1H3,(H,20,25). The Morgan fingerprint density at radius 3 is 3.12 bits per heavy atom. The average molecular weight is 333 g/mol. The van der Waals surface area contributed by atoms with Crippen molar-refractivity contribution in [2.24, 2.45) is 0 Å². The largest absolute Gasteiger partial charge is 0.360 e. The number of fused-ring (bicyclic) bond motifs is 2. The van der Waals surface area contributed by atoms with Crippen molar-refractivity contribution < 1.29 is 4.79 Å². The Bertz CT molecular complexity index is 1050. The summed E-state index contributed by atoms with van der Waals surface area (Å²) in [7, 11) is 0. The van der Waals surface area contributed by atoms with Crippen LogP contribution in [-0.2, 0) is 6.42 Å². The maximum absolute atomic E-state index is 12.4. The zero-order valence-electron chi connectivity index (χ0n) is 14.0. The molecule has 0 atom stereocenters. The third-order valence-electron chi connectivity index (χ3n) is 4.25. The van der Waals surface area contributed by atoms with Crippen LogP contribution in [-0.4, -0.2) is 32.0 Å². The SMILES string of the molecule is Cc1cc2ncc(CCCNC(=O)c3c[nH]c4ccccc34)cn2n1. The summed E-state index contributed by atoms with van der Waals surface area (Å²) >= 11 is 0. The number of amides is 1. The fraction of sp³-hybridized carbons (Fsp3) is 0.211. The van der Waals surface area contributed by atoms with Crippen molar-refractivity contribution in [1.29, 1.82) is 0 Å². The number of aryl methyl sites for hydroxylation is 2. The molecule has 25 heavy (non-hydrogen) atoms. The molecule has 3 aromatic heterocycles. The summed E-state index contributed by atoms with van der Waals surface area (Å²) in [4.78, 5) is 19.9. The first kappa shape index (κ1) is 15.4. The van der Waals surface area contributed by atoms with Gasteiger partial charge in [0.25, 0.3) is 5.91 Å². The van der Waals surface area contributed by atoms with E-state index in [2.05, 4.69) is 20.4 Å². The minimum absolute atomic E-state index is 0.0475. The van der Waals surface area contributed by atoms with Crippen LogP contribution in [0.5, 0.6) is 0 Å². The summed E-state index contributed by atoms with van der Waals surface area (Å²) in [6, 6.07) is 9.75. The Morgan fingerprint density at radius 1 is 1.32 bits per heavy atom. The molecule has 2 N–H and O–H groups in total. The van der Waals surface area contributed by atoms with Crippen LogP contribution in [0.3, 0.4) is 0 Å². The smallest absolute Gasteiger partial charge is 0.253 e. The third kappa shape index (κ3) is 3.10. The molecule has 1 aromatic carbocycles. The molecule has 0 bridgehead atoms. The van der Waals surface area contributed by atoms with Gasteiger partial charge in [-0.25, -0.2) is 9.50 Å². The van der Waals surface area contributed by atoms with Gasteiger partial charge >= 0.3 is 0 Å². The molecule has 1 amide bonds. The molecule has 0 unspecified atom stereocenters. The summed E-state index contributed by atoms with van der Waals surface area (Å²) in [5.74, 6) is -0.0475. The molecule has 0 aliphatic heterocycles. The molecule has 0 aliphatic carbocycles. The lowest BCUT2D eigenvalue weighted by molar-refractivity contribution is 0.0955. The second kappa shape index (κ2) is 6.39. The number of aromatic nitrogens is 4. The molecule has 126 valence electrons. The minimum Gasteiger partial charge on any atom is -0.360 e. The van der Waals surface area contributed by atoms with Crippen LogP contribution in [0.25, 0.3) is 16.6 Å². The van der Waals surface area contributed by atoms with Crippen LogP contribution in [0.1, 0.15) is 28.0 Å². The van der Waals surface area contributed by atoms with Gasteiger partial charge in [-0.3, -0.25) is 4.79 Å². The van der Waals surface area contributed by atoms with Crippen LogP contribution >= 0.6 is 0 Å². The third-order valence-corrected chi connectivity index (χ3v) is 4.25. The van der Waals surface area contributed by atoms with Crippen molar-refractivity contribution in [1.82, 2.24) is 24.9 Å². The Morgan fingerprint density at radius 2 is 2.20 bits per heavy atom. The fourth-order valence-electron chi connectivity index (χ4n) is 3.01. The normalized spacial score (nSPS) is 11.2. The molecule has 0 radical (unpaired) electrons. The van der Waals surface area contributed by atoms with Crippen molar-refractivity contribution >= 4 is 22.5 Å². The molecule has 4 rings (SSSR count). The Balaban J connectivity index is 1.34. The fourth-order valence-corrected chi connectivity index (χ4v) is 3.01. The number of benzene rings is 1. The zero-order chi connectivity index (χ0) is 17.2. The van der Waals surface area contributed by atoms with Gasteiger partial charge in [-0.05, 0) is 31.4 Å². The highest BCUT2D eigenvalue weighted by Crippen LogP contribution is 2.17. The molecule has 3 heterocycles. The summed E-state index contributed by atoms with van der Waals surface area (Å²) in [6.45, 7) is 2.57. The number of carbonyl (C=O) groups is 1. The molecule has 0 fully saturated rings. The van der Waals surface area contributed by atoms with E-state index in [0.29, 0.717) is 12.1 Å². The number of rotatable bonds is 5. The highest BCUT2D eigenvalue weighted by atomic mass is 16.1. The Kier molecular flexibility index (Phi) is 3.93. The van der Waals surface area contributed by atoms with Crippen molar-refractivity contribution in [3.8, 4) is 0 Å². The van der Waals surface area contributed by atoms with E-state index in [0.717, 1.165) is 40.6 Å². The van der Waals surface area contributed by atoms with Crippen molar-refractivity contribution in [2.45, 2.75) is 19.8 Å². The summed E-state index contributed by atoms with van der Waals surface area (Å²) in [6.07, 6.45) is 7.32. The molecule has 6 heteroatoms. The van der Waals surface area contributed by atoms with Crippen molar-refractivity contribution in [3.63, 3.8) is 0 Å². The number of nitrogens with zero attached hydrogens (tertiary/aromatic N) is 3. The van der Waals surface area contributed by atoms with Crippen molar-refractivity contribution in [3.05, 3.63) is 65.7 Å². The van der Waals surface area contributed by atoms with E-state index in [1.54, 1.807) is 10.7 Å². The van der Waals surface area contributed by atoms with Crippen LogP contribution in [0.2, 0.25) is 0 Å². The number of nitrogens with one attached hydrogen (secondary N) is 2. The lowest BCUT2D eigenvalue weighted by Crippen LogP contribution is -2.24. The van der Waals surface area contributed by atoms with Crippen LogP contribution in [0.15, 0.2) is 48.9 Å². The van der Waals surface area contributed by atoms with Gasteiger partial charge in [-0.2, -0.15) is 5.10 Å². The summed E-state index contributed by atoms with van der Waals surface area (Å²) in [5.41, 5.74) is 4.58. The highest BCUT2D eigenvalue weighted by Gasteiger charge is 2.10. The first-order chi connectivity index (χ1) is 12.2.